The lowest BCUT2D eigenvalue weighted by Gasteiger charge is -2.01. The van der Waals surface area contributed by atoms with Gasteiger partial charge < -0.3 is 4.98 Å². The monoisotopic (exact) mass is 246 g/mol. The average molecular weight is 247 g/mol. The molecule has 17 heavy (non-hydrogen) atoms. The number of fused-ring (bicyclic) bond motifs is 1. The van der Waals surface area contributed by atoms with E-state index in [4.69, 9.17) is 11.6 Å². The number of hydrogen-bond donors (Lipinski definition) is 1. The molecule has 0 radical (unpaired) electrons. The molecule has 0 saturated heterocycles. The summed E-state index contributed by atoms with van der Waals surface area (Å²) in [5.74, 6) is 0. The number of imidazole rings is 1. The smallest absolute Gasteiger partial charge is 0.303 e. The molecule has 0 aliphatic heterocycles. The molecule has 0 amide bonds. The standard InChI is InChI=1S/C11H7ClN4O/c12-10-13-6-8-9(15-10)16(11(17)14-8)7-4-2-1-3-5-7/h1-6H,(H,14,17). The van der Waals surface area contributed by atoms with E-state index in [0.29, 0.717) is 11.2 Å². The third-order valence-electron chi connectivity index (χ3n) is 2.41. The summed E-state index contributed by atoms with van der Waals surface area (Å²) >= 11 is 5.74. The number of nitrogens with zero attached hydrogens (tertiary/aromatic N) is 3. The van der Waals surface area contributed by atoms with Crippen molar-refractivity contribution in [2.45, 2.75) is 0 Å². The molecule has 0 spiro atoms. The fraction of sp³-hybridized carbons (Fsp3) is 0. The van der Waals surface area contributed by atoms with Gasteiger partial charge in [-0.1, -0.05) is 18.2 Å². The summed E-state index contributed by atoms with van der Waals surface area (Å²) in [5.41, 5.74) is 1.51. The Hall–Kier alpha value is -2.14. The predicted octanol–water partition coefficient (Wildman–Crippen LogP) is 1.76. The van der Waals surface area contributed by atoms with Crippen molar-refractivity contribution in [2.75, 3.05) is 0 Å². The molecule has 0 fully saturated rings. The van der Waals surface area contributed by atoms with Crippen LogP contribution in [0.2, 0.25) is 5.28 Å². The first-order chi connectivity index (χ1) is 8.25. The summed E-state index contributed by atoms with van der Waals surface area (Å²) in [7, 11) is 0. The van der Waals surface area contributed by atoms with Crippen LogP contribution < -0.4 is 5.69 Å². The molecule has 0 aliphatic carbocycles. The van der Waals surface area contributed by atoms with E-state index in [1.807, 2.05) is 30.3 Å². The molecular formula is C11H7ClN4O. The minimum Gasteiger partial charge on any atom is -0.303 e. The van der Waals surface area contributed by atoms with E-state index in [-0.39, 0.29) is 11.0 Å². The van der Waals surface area contributed by atoms with E-state index in [9.17, 15) is 4.79 Å². The van der Waals surface area contributed by atoms with Crippen LogP contribution in [0.4, 0.5) is 0 Å². The summed E-state index contributed by atoms with van der Waals surface area (Å²) in [6.07, 6.45) is 1.49. The lowest BCUT2D eigenvalue weighted by atomic mass is 10.3. The molecular weight excluding hydrogens is 240 g/mol. The van der Waals surface area contributed by atoms with Crippen molar-refractivity contribution in [1.29, 1.82) is 0 Å². The van der Waals surface area contributed by atoms with E-state index in [1.165, 1.54) is 10.8 Å². The van der Waals surface area contributed by atoms with Gasteiger partial charge in [-0.15, -0.1) is 0 Å². The van der Waals surface area contributed by atoms with Crippen LogP contribution in [-0.4, -0.2) is 19.5 Å². The highest BCUT2D eigenvalue weighted by Gasteiger charge is 2.10. The van der Waals surface area contributed by atoms with Gasteiger partial charge in [-0.05, 0) is 23.7 Å². The van der Waals surface area contributed by atoms with Crippen LogP contribution in [0.25, 0.3) is 16.9 Å². The summed E-state index contributed by atoms with van der Waals surface area (Å²) in [4.78, 5) is 22.4. The van der Waals surface area contributed by atoms with Crippen molar-refractivity contribution in [3.8, 4) is 5.69 Å². The van der Waals surface area contributed by atoms with E-state index in [0.717, 1.165) is 5.69 Å². The zero-order valence-electron chi connectivity index (χ0n) is 8.59. The molecule has 2 heterocycles. The van der Waals surface area contributed by atoms with Crippen LogP contribution in [0.1, 0.15) is 0 Å². The van der Waals surface area contributed by atoms with Crippen molar-refractivity contribution in [3.63, 3.8) is 0 Å². The maximum Gasteiger partial charge on any atom is 0.332 e. The third kappa shape index (κ3) is 1.60. The minimum absolute atomic E-state index is 0.112. The number of halogens is 1. The lowest BCUT2D eigenvalue weighted by molar-refractivity contribution is 0.997. The van der Waals surface area contributed by atoms with Gasteiger partial charge in [0.25, 0.3) is 0 Å². The Morgan fingerprint density at radius 1 is 1.24 bits per heavy atom. The molecule has 0 atom stereocenters. The normalized spacial score (nSPS) is 10.9. The van der Waals surface area contributed by atoms with Gasteiger partial charge in [0.2, 0.25) is 5.28 Å². The van der Waals surface area contributed by atoms with Crippen LogP contribution in [0, 0.1) is 0 Å². The van der Waals surface area contributed by atoms with Crippen molar-refractivity contribution < 1.29 is 0 Å². The second-order valence-corrected chi connectivity index (χ2v) is 3.82. The molecule has 1 N–H and O–H groups in total. The third-order valence-corrected chi connectivity index (χ3v) is 2.59. The van der Waals surface area contributed by atoms with Gasteiger partial charge >= 0.3 is 5.69 Å². The highest BCUT2D eigenvalue weighted by Crippen LogP contribution is 2.13. The number of nitrogens with one attached hydrogen (secondary N) is 1. The first-order valence-electron chi connectivity index (χ1n) is 4.94. The fourth-order valence-electron chi connectivity index (χ4n) is 1.69. The number of H-pyrrole nitrogens is 1. The topological polar surface area (TPSA) is 63.6 Å². The summed E-state index contributed by atoms with van der Waals surface area (Å²) in [6.45, 7) is 0. The Morgan fingerprint density at radius 2 is 2.00 bits per heavy atom. The van der Waals surface area contributed by atoms with Crippen molar-refractivity contribution in [1.82, 2.24) is 19.5 Å². The molecule has 3 aromatic rings. The van der Waals surface area contributed by atoms with E-state index < -0.39 is 0 Å². The molecule has 0 aliphatic rings. The number of para-hydroxylation sites is 1. The Morgan fingerprint density at radius 3 is 2.76 bits per heavy atom. The van der Waals surface area contributed by atoms with E-state index >= 15 is 0 Å². The van der Waals surface area contributed by atoms with Crippen LogP contribution in [0.15, 0.2) is 41.3 Å². The Bertz CT molecular complexity index is 732. The number of aromatic nitrogens is 4. The molecule has 0 unspecified atom stereocenters. The highest BCUT2D eigenvalue weighted by atomic mass is 35.5. The Labute approximate surface area is 101 Å². The minimum atomic E-state index is -0.261. The molecule has 0 bridgehead atoms. The van der Waals surface area contributed by atoms with Gasteiger partial charge in [0.15, 0.2) is 5.65 Å². The molecule has 6 heteroatoms. The van der Waals surface area contributed by atoms with Crippen molar-refractivity contribution >= 4 is 22.8 Å². The summed E-state index contributed by atoms with van der Waals surface area (Å²) in [5, 5.41) is 0.112. The average Bonchev–Trinajstić information content (AvgIpc) is 2.65. The number of aromatic amines is 1. The second-order valence-electron chi connectivity index (χ2n) is 3.48. The largest absolute Gasteiger partial charge is 0.332 e. The SMILES string of the molecule is O=c1[nH]c2cnc(Cl)nc2n1-c1ccccc1. The number of rotatable bonds is 1. The van der Waals surface area contributed by atoms with Crippen LogP contribution in [0.3, 0.4) is 0 Å². The van der Waals surface area contributed by atoms with Crippen LogP contribution in [-0.2, 0) is 0 Å². The summed E-state index contributed by atoms with van der Waals surface area (Å²) in [6, 6.07) is 9.23. The van der Waals surface area contributed by atoms with Gasteiger partial charge in [-0.3, -0.25) is 0 Å². The Balaban J connectivity index is 2.40. The van der Waals surface area contributed by atoms with Crippen molar-refractivity contribution in [2.24, 2.45) is 0 Å². The van der Waals surface area contributed by atoms with Gasteiger partial charge in [-0.2, -0.15) is 4.98 Å². The predicted molar refractivity (Wildman–Crippen MR) is 64.5 cm³/mol. The van der Waals surface area contributed by atoms with Gasteiger partial charge in [-0.25, -0.2) is 14.3 Å². The second kappa shape index (κ2) is 3.71. The first kappa shape index (κ1) is 10.0. The molecule has 3 rings (SSSR count). The quantitative estimate of drug-likeness (QED) is 0.666. The van der Waals surface area contributed by atoms with Gasteiger partial charge in [0, 0.05) is 0 Å². The molecule has 84 valence electrons. The van der Waals surface area contributed by atoms with Crippen molar-refractivity contribution in [3.05, 3.63) is 52.3 Å². The molecule has 0 saturated carbocycles. The van der Waals surface area contributed by atoms with Crippen LogP contribution in [0.5, 0.6) is 0 Å². The lowest BCUT2D eigenvalue weighted by Crippen LogP contribution is -2.14. The maximum absolute atomic E-state index is 11.8. The van der Waals surface area contributed by atoms with E-state index in [2.05, 4.69) is 15.0 Å². The molecule has 1 aromatic carbocycles. The summed E-state index contributed by atoms with van der Waals surface area (Å²) < 4.78 is 1.46. The zero-order chi connectivity index (χ0) is 11.8. The first-order valence-corrected chi connectivity index (χ1v) is 5.32. The van der Waals surface area contributed by atoms with E-state index in [1.54, 1.807) is 0 Å². The molecule has 5 nitrogen and oxygen atoms in total. The number of hydrogen-bond acceptors (Lipinski definition) is 3. The fourth-order valence-corrected chi connectivity index (χ4v) is 1.82. The zero-order valence-corrected chi connectivity index (χ0v) is 9.35. The number of benzene rings is 1. The van der Waals surface area contributed by atoms with Gasteiger partial charge in [0.05, 0.1) is 11.9 Å². The van der Waals surface area contributed by atoms with Crippen LogP contribution >= 0.6 is 11.6 Å². The Kier molecular flexibility index (Phi) is 2.19. The van der Waals surface area contributed by atoms with Gasteiger partial charge in [0.1, 0.15) is 5.52 Å². The highest BCUT2D eigenvalue weighted by molar-refractivity contribution is 6.28. The molecule has 2 aromatic heterocycles. The maximum atomic E-state index is 11.8.